The Balaban J connectivity index is 1.76. The van der Waals surface area contributed by atoms with E-state index < -0.39 is 27.8 Å². The Hall–Kier alpha value is -1.99. The SMILES string of the molecule is O=C(O)C12CC3CC(C1)CC(n1cnc([N+](=O)[O-])n1)(C3)C2. The zero-order chi connectivity index (χ0) is 14.8. The van der Waals surface area contributed by atoms with Crippen molar-refractivity contribution in [3.05, 3.63) is 16.4 Å². The first kappa shape index (κ1) is 12.7. The van der Waals surface area contributed by atoms with Crippen LogP contribution in [-0.4, -0.2) is 30.8 Å². The van der Waals surface area contributed by atoms with Gasteiger partial charge in [-0.2, -0.15) is 4.68 Å². The molecular formula is C13H16N4O4. The molecule has 4 aliphatic carbocycles. The number of rotatable bonds is 3. The molecule has 2 atom stereocenters. The van der Waals surface area contributed by atoms with Gasteiger partial charge >= 0.3 is 11.9 Å². The van der Waals surface area contributed by atoms with Crippen molar-refractivity contribution in [1.82, 2.24) is 14.8 Å². The van der Waals surface area contributed by atoms with Crippen molar-refractivity contribution < 1.29 is 14.8 Å². The molecule has 0 saturated heterocycles. The Bertz CT molecular complexity index is 626. The second-order valence-electron chi connectivity index (χ2n) is 7.02. The van der Waals surface area contributed by atoms with Crippen LogP contribution in [0.15, 0.2) is 6.33 Å². The van der Waals surface area contributed by atoms with Gasteiger partial charge in [0, 0.05) is 5.10 Å². The fourth-order valence-corrected chi connectivity index (χ4v) is 5.30. The fraction of sp³-hybridized carbons (Fsp3) is 0.769. The highest BCUT2D eigenvalue weighted by molar-refractivity contribution is 5.75. The van der Waals surface area contributed by atoms with Crippen molar-refractivity contribution in [2.45, 2.75) is 44.1 Å². The molecule has 5 rings (SSSR count). The number of hydrogen-bond donors (Lipinski definition) is 1. The maximum absolute atomic E-state index is 11.8. The molecule has 8 heteroatoms. The molecule has 4 saturated carbocycles. The molecule has 4 aliphatic rings. The average molecular weight is 292 g/mol. The number of carboxylic acid groups (broad SMARTS) is 1. The summed E-state index contributed by atoms with van der Waals surface area (Å²) in [6, 6.07) is 0. The molecule has 1 aromatic rings. The number of nitro groups is 1. The quantitative estimate of drug-likeness (QED) is 0.668. The van der Waals surface area contributed by atoms with Gasteiger partial charge in [0.25, 0.3) is 0 Å². The van der Waals surface area contributed by atoms with Crippen molar-refractivity contribution >= 4 is 11.9 Å². The molecule has 0 aliphatic heterocycles. The normalized spacial score (nSPS) is 40.4. The zero-order valence-electron chi connectivity index (χ0n) is 11.4. The predicted molar refractivity (Wildman–Crippen MR) is 69.4 cm³/mol. The van der Waals surface area contributed by atoms with Crippen molar-refractivity contribution in [2.75, 3.05) is 0 Å². The third-order valence-corrected chi connectivity index (χ3v) is 5.61. The van der Waals surface area contributed by atoms with E-state index in [0.717, 1.165) is 32.1 Å². The molecular weight excluding hydrogens is 276 g/mol. The Labute approximate surface area is 120 Å². The summed E-state index contributed by atoms with van der Waals surface area (Å²) in [7, 11) is 0. The van der Waals surface area contributed by atoms with Gasteiger partial charge in [-0.3, -0.25) is 4.79 Å². The lowest BCUT2D eigenvalue weighted by Gasteiger charge is -2.59. The lowest BCUT2D eigenvalue weighted by atomic mass is 9.47. The highest BCUT2D eigenvalue weighted by Gasteiger charge is 2.62. The molecule has 112 valence electrons. The minimum Gasteiger partial charge on any atom is -0.481 e. The maximum atomic E-state index is 11.8. The first-order chi connectivity index (χ1) is 9.92. The lowest BCUT2D eigenvalue weighted by Crippen LogP contribution is -2.59. The second kappa shape index (κ2) is 3.80. The van der Waals surface area contributed by atoms with E-state index in [4.69, 9.17) is 0 Å². The molecule has 4 fully saturated rings. The number of aliphatic carboxylic acids is 1. The fourth-order valence-electron chi connectivity index (χ4n) is 5.30. The van der Waals surface area contributed by atoms with Crippen LogP contribution >= 0.6 is 0 Å². The van der Waals surface area contributed by atoms with Crippen LogP contribution in [0.1, 0.15) is 38.5 Å². The molecule has 4 bridgehead atoms. The van der Waals surface area contributed by atoms with Crippen LogP contribution in [0, 0.1) is 27.4 Å². The van der Waals surface area contributed by atoms with E-state index in [9.17, 15) is 20.0 Å². The molecule has 1 N–H and O–H groups in total. The Kier molecular flexibility index (Phi) is 2.31. The zero-order valence-corrected chi connectivity index (χ0v) is 11.4. The smallest absolute Gasteiger partial charge is 0.481 e. The summed E-state index contributed by atoms with van der Waals surface area (Å²) in [5.74, 6) is -0.373. The van der Waals surface area contributed by atoms with Crippen LogP contribution in [0.2, 0.25) is 0 Å². The minimum atomic E-state index is -0.726. The molecule has 0 aromatic carbocycles. The molecule has 8 nitrogen and oxygen atoms in total. The van der Waals surface area contributed by atoms with Gasteiger partial charge in [0.1, 0.15) is 0 Å². The topological polar surface area (TPSA) is 111 Å². The van der Waals surface area contributed by atoms with Crippen molar-refractivity contribution in [3.8, 4) is 0 Å². The Morgan fingerprint density at radius 2 is 2.05 bits per heavy atom. The van der Waals surface area contributed by atoms with Gasteiger partial charge in [0.2, 0.25) is 6.33 Å². The van der Waals surface area contributed by atoms with Gasteiger partial charge in [0.05, 0.1) is 11.0 Å². The van der Waals surface area contributed by atoms with Crippen LogP contribution in [0.4, 0.5) is 5.95 Å². The molecule has 1 heterocycles. The van der Waals surface area contributed by atoms with Gasteiger partial charge < -0.3 is 15.2 Å². The van der Waals surface area contributed by atoms with Crippen LogP contribution < -0.4 is 0 Å². The summed E-state index contributed by atoms with van der Waals surface area (Å²) in [6.45, 7) is 0. The summed E-state index contributed by atoms with van der Waals surface area (Å²) in [5.41, 5.74) is -1.07. The average Bonchev–Trinajstić information content (AvgIpc) is 2.87. The first-order valence-corrected chi connectivity index (χ1v) is 7.22. The maximum Gasteiger partial charge on any atom is 0.490 e. The lowest BCUT2D eigenvalue weighted by molar-refractivity contribution is -0.394. The molecule has 1 aromatic heterocycles. The van der Waals surface area contributed by atoms with Gasteiger partial charge in [-0.05, 0) is 55.3 Å². The van der Waals surface area contributed by atoms with Crippen LogP contribution in [0.3, 0.4) is 0 Å². The Morgan fingerprint density at radius 3 is 2.57 bits per heavy atom. The number of nitrogens with zero attached hydrogens (tertiary/aromatic N) is 4. The molecule has 0 radical (unpaired) electrons. The van der Waals surface area contributed by atoms with Crippen LogP contribution in [-0.2, 0) is 10.3 Å². The highest BCUT2D eigenvalue weighted by atomic mass is 16.6. The largest absolute Gasteiger partial charge is 0.490 e. The summed E-state index contributed by atoms with van der Waals surface area (Å²) in [5, 5.41) is 24.5. The standard InChI is InChI=1S/C13H16N4O4/c18-10(19)12-2-8-1-9(3-12)5-13(4-8,6-12)16-7-14-11(15-16)17(20)21/h7-9H,1-6H2,(H,18,19). The van der Waals surface area contributed by atoms with Gasteiger partial charge in [-0.15, -0.1) is 0 Å². The number of carbonyl (C=O) groups is 1. The summed E-state index contributed by atoms with van der Waals surface area (Å²) in [6.07, 6.45) is 6.18. The van der Waals surface area contributed by atoms with Gasteiger partial charge in [0.15, 0.2) is 0 Å². The molecule has 2 unspecified atom stereocenters. The summed E-state index contributed by atoms with van der Waals surface area (Å²) >= 11 is 0. The monoisotopic (exact) mass is 292 g/mol. The van der Waals surface area contributed by atoms with E-state index in [-0.39, 0.29) is 0 Å². The van der Waals surface area contributed by atoms with Crippen LogP contribution in [0.5, 0.6) is 0 Å². The van der Waals surface area contributed by atoms with E-state index in [0.29, 0.717) is 18.3 Å². The number of hydrogen-bond acceptors (Lipinski definition) is 5. The van der Waals surface area contributed by atoms with Crippen LogP contribution in [0.25, 0.3) is 0 Å². The van der Waals surface area contributed by atoms with Gasteiger partial charge in [-0.25, -0.2) is 0 Å². The summed E-state index contributed by atoms with van der Waals surface area (Å²) < 4.78 is 1.58. The minimum absolute atomic E-state index is 0.380. The second-order valence-corrected chi connectivity index (χ2v) is 7.02. The van der Waals surface area contributed by atoms with E-state index in [1.807, 2.05) is 0 Å². The number of aromatic nitrogens is 3. The highest BCUT2D eigenvalue weighted by Crippen LogP contribution is 2.64. The van der Waals surface area contributed by atoms with E-state index in [1.165, 1.54) is 6.33 Å². The van der Waals surface area contributed by atoms with E-state index in [2.05, 4.69) is 10.1 Å². The van der Waals surface area contributed by atoms with Crippen molar-refractivity contribution in [3.63, 3.8) is 0 Å². The third kappa shape index (κ3) is 1.64. The first-order valence-electron chi connectivity index (χ1n) is 7.22. The van der Waals surface area contributed by atoms with E-state index in [1.54, 1.807) is 4.68 Å². The van der Waals surface area contributed by atoms with Gasteiger partial charge in [-0.1, -0.05) is 4.98 Å². The molecule has 21 heavy (non-hydrogen) atoms. The van der Waals surface area contributed by atoms with E-state index >= 15 is 0 Å². The summed E-state index contributed by atoms with van der Waals surface area (Å²) in [4.78, 5) is 25.7. The molecule has 0 amide bonds. The Morgan fingerprint density at radius 1 is 1.38 bits per heavy atom. The van der Waals surface area contributed by atoms with Crippen molar-refractivity contribution in [2.24, 2.45) is 17.3 Å². The third-order valence-electron chi connectivity index (χ3n) is 5.61. The number of carboxylic acids is 1. The van der Waals surface area contributed by atoms with Crippen molar-refractivity contribution in [1.29, 1.82) is 0 Å². The molecule has 0 spiro atoms. The predicted octanol–water partition coefficient (Wildman–Crippen LogP) is 1.57.